The van der Waals surface area contributed by atoms with Crippen molar-refractivity contribution in [2.75, 3.05) is 6.54 Å². The maximum Gasteiger partial charge on any atom is 0.416 e. The fraction of sp³-hybridized carbons (Fsp3) is 0.300. The van der Waals surface area contributed by atoms with Crippen LogP contribution in [0.25, 0.3) is 5.57 Å². The van der Waals surface area contributed by atoms with Crippen LogP contribution in [0.1, 0.15) is 53.2 Å². The first-order valence-electron chi connectivity index (χ1n) is 12.7. The average molecular weight is 582 g/mol. The topological polar surface area (TPSA) is 29.5 Å². The van der Waals surface area contributed by atoms with Gasteiger partial charge in [0, 0.05) is 24.6 Å². The molecular weight excluding hydrogens is 558 g/mol. The number of benzene rings is 3. The first-order chi connectivity index (χ1) is 19.2. The monoisotopic (exact) mass is 581 g/mol. The summed E-state index contributed by atoms with van der Waals surface area (Å²) in [6.45, 7) is 1.35. The largest absolute Gasteiger partial charge is 0.416 e. The maximum atomic E-state index is 13.8. The molecule has 41 heavy (non-hydrogen) atoms. The first kappa shape index (κ1) is 28.8. The van der Waals surface area contributed by atoms with Gasteiger partial charge >= 0.3 is 12.4 Å². The second-order valence-electron chi connectivity index (χ2n) is 10.2. The van der Waals surface area contributed by atoms with Crippen LogP contribution in [-0.4, -0.2) is 29.5 Å². The summed E-state index contributed by atoms with van der Waals surface area (Å²) in [5.74, 6) is -1.91. The first-order valence-corrected chi connectivity index (χ1v) is 12.7. The smallest absolute Gasteiger partial charge is 0.368 e. The maximum absolute atomic E-state index is 13.8. The molecule has 1 unspecified atom stereocenters. The Kier molecular flexibility index (Phi) is 7.44. The number of carbonyl (C=O) groups is 1. The predicted octanol–water partition coefficient (Wildman–Crippen LogP) is 7.93. The van der Waals surface area contributed by atoms with Crippen LogP contribution < -0.4 is 0 Å². The molecule has 2 aliphatic rings. The van der Waals surface area contributed by atoms with Crippen molar-refractivity contribution in [2.45, 2.75) is 49.9 Å². The van der Waals surface area contributed by atoms with Crippen LogP contribution in [0.2, 0.25) is 0 Å². The second-order valence-corrected chi connectivity index (χ2v) is 10.2. The molecule has 1 fully saturated rings. The van der Waals surface area contributed by atoms with Crippen molar-refractivity contribution in [2.24, 2.45) is 0 Å². The van der Waals surface area contributed by atoms with E-state index < -0.39 is 59.3 Å². The average Bonchev–Trinajstić information content (AvgIpc) is 3.26. The molecule has 216 valence electrons. The lowest BCUT2D eigenvalue weighted by molar-refractivity contribution is -0.143. The summed E-state index contributed by atoms with van der Waals surface area (Å²) in [7, 11) is 0. The van der Waals surface area contributed by atoms with Gasteiger partial charge in [-0.2, -0.15) is 26.3 Å². The highest BCUT2D eigenvalue weighted by Gasteiger charge is 2.48. The molecule has 3 nitrogen and oxygen atoms in total. The molecule has 3 aromatic rings. The van der Waals surface area contributed by atoms with Gasteiger partial charge in [-0.15, -0.1) is 0 Å². The fourth-order valence-electron chi connectivity index (χ4n) is 5.56. The van der Waals surface area contributed by atoms with Gasteiger partial charge in [0.05, 0.1) is 23.3 Å². The Balaban J connectivity index is 1.49. The molecule has 0 radical (unpaired) electrons. The van der Waals surface area contributed by atoms with Crippen molar-refractivity contribution in [1.29, 1.82) is 0 Å². The molecule has 0 N–H and O–H groups in total. The molecule has 11 heteroatoms. The Morgan fingerprint density at radius 1 is 0.829 bits per heavy atom. The Morgan fingerprint density at radius 3 is 1.90 bits per heavy atom. The van der Waals surface area contributed by atoms with E-state index in [-0.39, 0.29) is 24.1 Å². The minimum absolute atomic E-state index is 0.00811. The Hall–Kier alpha value is -3.73. The number of nitrogens with zero attached hydrogens (tertiary/aromatic N) is 1. The lowest BCUT2D eigenvalue weighted by Crippen LogP contribution is -2.39. The highest BCUT2D eigenvalue weighted by atomic mass is 19.4. The third-order valence-electron chi connectivity index (χ3n) is 7.53. The number of halogens is 8. The summed E-state index contributed by atoms with van der Waals surface area (Å²) in [5.41, 5.74) is -1.40. The zero-order valence-electron chi connectivity index (χ0n) is 21.4. The zero-order valence-corrected chi connectivity index (χ0v) is 21.4. The van der Waals surface area contributed by atoms with Gasteiger partial charge in [-0.1, -0.05) is 24.3 Å². The van der Waals surface area contributed by atoms with E-state index in [1.54, 1.807) is 0 Å². The van der Waals surface area contributed by atoms with Crippen LogP contribution in [0.4, 0.5) is 35.1 Å². The highest BCUT2D eigenvalue weighted by molar-refractivity contribution is 5.97. The number of hydrogen-bond acceptors (Lipinski definition) is 2. The van der Waals surface area contributed by atoms with E-state index >= 15 is 0 Å². The van der Waals surface area contributed by atoms with Gasteiger partial charge < -0.3 is 9.64 Å². The van der Waals surface area contributed by atoms with Crippen molar-refractivity contribution in [3.63, 3.8) is 0 Å². The molecule has 4 atom stereocenters. The summed E-state index contributed by atoms with van der Waals surface area (Å²) in [4.78, 5) is 14.7. The third kappa shape index (κ3) is 6.00. The molecule has 0 aliphatic carbocycles. The van der Waals surface area contributed by atoms with Crippen LogP contribution in [0.15, 0.2) is 72.8 Å². The summed E-state index contributed by atoms with van der Waals surface area (Å²) >= 11 is 0. The fourth-order valence-corrected chi connectivity index (χ4v) is 5.56. The van der Waals surface area contributed by atoms with Crippen molar-refractivity contribution >= 4 is 11.5 Å². The van der Waals surface area contributed by atoms with Gasteiger partial charge in [0.2, 0.25) is 5.91 Å². The standard InChI is InChI=1S/C30H23F8NO2/c1-16(19-10-21(29(33,34)35)14-22(11-19)30(36,37)38)41-26-15-39-25(28(26)18-4-8-24(32)9-5-18)12-20(13-27(39)40)17-2-6-23(31)7-3-17/h2-11,13-14,16,25-26,28H,12,15H2,1H3/t16-,25+,26+,28?/m1/s1. The Morgan fingerprint density at radius 2 is 1.37 bits per heavy atom. The summed E-state index contributed by atoms with van der Waals surface area (Å²) < 4.78 is 114. The van der Waals surface area contributed by atoms with Gasteiger partial charge in [-0.3, -0.25) is 4.79 Å². The minimum Gasteiger partial charge on any atom is -0.368 e. The molecule has 2 aliphatic heterocycles. The quantitative estimate of drug-likeness (QED) is 0.287. The van der Waals surface area contributed by atoms with Gasteiger partial charge in [0.25, 0.3) is 0 Å². The number of carbonyl (C=O) groups excluding carboxylic acids is 1. The number of hydrogen-bond donors (Lipinski definition) is 0. The normalized spacial score (nSPS) is 22.0. The number of alkyl halides is 6. The molecule has 0 bridgehead atoms. The van der Waals surface area contributed by atoms with E-state index in [0.717, 1.165) is 0 Å². The van der Waals surface area contributed by atoms with Crippen LogP contribution >= 0.6 is 0 Å². The van der Waals surface area contributed by atoms with Crippen molar-refractivity contribution in [1.82, 2.24) is 4.90 Å². The summed E-state index contributed by atoms with van der Waals surface area (Å²) in [5, 5.41) is 0. The highest BCUT2D eigenvalue weighted by Crippen LogP contribution is 2.45. The molecule has 2 heterocycles. The van der Waals surface area contributed by atoms with E-state index in [1.165, 1.54) is 66.4 Å². The number of rotatable bonds is 5. The molecular formula is C30H23F8NO2. The van der Waals surface area contributed by atoms with Crippen LogP contribution in [0.3, 0.4) is 0 Å². The number of amides is 1. The minimum atomic E-state index is -5.02. The SMILES string of the molecule is C[C@@H](O[C@H]1CN2C(=O)C=C(c3ccc(F)cc3)C[C@H]2C1c1ccc(F)cc1)c1cc(C(F)(F)F)cc(C(F)(F)F)c1. The van der Waals surface area contributed by atoms with Crippen LogP contribution in [0.5, 0.6) is 0 Å². The van der Waals surface area contributed by atoms with Gasteiger partial charge in [0.15, 0.2) is 0 Å². The Bertz CT molecular complexity index is 1430. The molecule has 3 aromatic carbocycles. The molecule has 0 aromatic heterocycles. The number of ether oxygens (including phenoxy) is 1. The molecule has 1 saturated heterocycles. The molecule has 1 amide bonds. The lowest BCUT2D eigenvalue weighted by atomic mass is 9.83. The second kappa shape index (κ2) is 10.6. The van der Waals surface area contributed by atoms with E-state index in [1.807, 2.05) is 0 Å². The van der Waals surface area contributed by atoms with Crippen molar-refractivity contribution < 1.29 is 44.7 Å². The van der Waals surface area contributed by atoms with Gasteiger partial charge in [-0.05, 0) is 78.1 Å². The van der Waals surface area contributed by atoms with E-state index in [0.29, 0.717) is 35.3 Å². The van der Waals surface area contributed by atoms with Crippen LogP contribution in [-0.2, 0) is 21.9 Å². The summed E-state index contributed by atoms with van der Waals surface area (Å²) in [6, 6.07) is 11.8. The van der Waals surface area contributed by atoms with Crippen molar-refractivity contribution in [3.05, 3.63) is 112 Å². The molecule has 0 spiro atoms. The molecule has 0 saturated carbocycles. The third-order valence-corrected chi connectivity index (χ3v) is 7.53. The lowest BCUT2D eigenvalue weighted by Gasteiger charge is -2.33. The number of fused-ring (bicyclic) bond motifs is 1. The Labute approximate surface area is 230 Å². The zero-order chi connectivity index (χ0) is 29.7. The summed E-state index contributed by atoms with van der Waals surface area (Å²) in [6.07, 6.45) is -10.4. The molecule has 5 rings (SSSR count). The van der Waals surface area contributed by atoms with E-state index in [2.05, 4.69) is 0 Å². The van der Waals surface area contributed by atoms with Gasteiger partial charge in [-0.25, -0.2) is 8.78 Å². The van der Waals surface area contributed by atoms with Gasteiger partial charge in [0.1, 0.15) is 11.6 Å². The van der Waals surface area contributed by atoms with E-state index in [4.69, 9.17) is 4.74 Å². The van der Waals surface area contributed by atoms with Crippen LogP contribution in [0, 0.1) is 11.6 Å². The van der Waals surface area contributed by atoms with Crippen molar-refractivity contribution in [3.8, 4) is 0 Å². The predicted molar refractivity (Wildman–Crippen MR) is 133 cm³/mol. The van der Waals surface area contributed by atoms with E-state index in [9.17, 15) is 39.9 Å².